The average Bonchev–Trinajstić information content (AvgIpc) is 2.83. The summed E-state index contributed by atoms with van der Waals surface area (Å²) >= 11 is 0. The number of pyridine rings is 1. The zero-order valence-electron chi connectivity index (χ0n) is 14.1. The maximum atomic E-state index is 7.32. The molecule has 0 amide bonds. The molecule has 0 saturated heterocycles. The molecule has 0 spiro atoms. The van der Waals surface area contributed by atoms with Crippen molar-refractivity contribution in [3.05, 3.63) is 71.7 Å². The van der Waals surface area contributed by atoms with Gasteiger partial charge in [-0.25, -0.2) is 4.85 Å². The molecule has 2 heterocycles. The third-order valence-electron chi connectivity index (χ3n) is 4.97. The molecule has 0 aliphatic carbocycles. The monoisotopic (exact) mass is 326 g/mol. The zero-order valence-corrected chi connectivity index (χ0v) is 15.1. The molecular weight excluding hydrogens is 308 g/mol. The first-order valence-electron chi connectivity index (χ1n) is 8.11. The third kappa shape index (κ3) is 2.04. The Hall–Kier alpha value is -2.70. The van der Waals surface area contributed by atoms with Gasteiger partial charge in [0.15, 0.2) is 5.69 Å². The van der Waals surface area contributed by atoms with Crippen LogP contribution in [0.1, 0.15) is 5.56 Å². The lowest BCUT2D eigenvalue weighted by Gasteiger charge is -2.22. The lowest BCUT2D eigenvalue weighted by Crippen LogP contribution is -2.50. The number of aromatic nitrogens is 1. The fourth-order valence-electron chi connectivity index (χ4n) is 3.78. The van der Waals surface area contributed by atoms with Gasteiger partial charge in [0.05, 0.1) is 12.3 Å². The Morgan fingerprint density at radius 1 is 0.958 bits per heavy atom. The van der Waals surface area contributed by atoms with Gasteiger partial charge in [-0.05, 0) is 34.9 Å². The van der Waals surface area contributed by atoms with Gasteiger partial charge in [0.2, 0.25) is 0 Å². The second-order valence-corrected chi connectivity index (χ2v) is 11.2. The van der Waals surface area contributed by atoms with Crippen LogP contribution in [0.25, 0.3) is 27.2 Å². The lowest BCUT2D eigenvalue weighted by atomic mass is 10.0. The fourth-order valence-corrected chi connectivity index (χ4v) is 7.22. The molecule has 1 aliphatic rings. The Labute approximate surface area is 143 Å². The Morgan fingerprint density at radius 2 is 1.75 bits per heavy atom. The van der Waals surface area contributed by atoms with E-state index in [2.05, 4.69) is 72.3 Å². The summed E-state index contributed by atoms with van der Waals surface area (Å²) in [4.78, 5) is 8.29. The minimum Gasteiger partial charge on any atom is -0.256 e. The van der Waals surface area contributed by atoms with E-state index in [9.17, 15) is 0 Å². The lowest BCUT2D eigenvalue weighted by molar-refractivity contribution is 1.27. The van der Waals surface area contributed by atoms with Gasteiger partial charge in [-0.15, -0.1) is 0 Å². The Balaban J connectivity index is 2.00. The van der Waals surface area contributed by atoms with Gasteiger partial charge in [0.25, 0.3) is 0 Å². The molecule has 0 N–H and O–H groups in total. The van der Waals surface area contributed by atoms with Crippen molar-refractivity contribution in [1.82, 2.24) is 4.98 Å². The van der Waals surface area contributed by atoms with Crippen LogP contribution in [-0.2, 0) is 0 Å². The van der Waals surface area contributed by atoms with Crippen molar-refractivity contribution in [2.24, 2.45) is 0 Å². The largest absolute Gasteiger partial charge is 0.256 e. The molecule has 0 saturated carbocycles. The molecule has 24 heavy (non-hydrogen) atoms. The number of hydrogen-bond donors (Lipinski definition) is 0. The normalized spacial score (nSPS) is 13.9. The van der Waals surface area contributed by atoms with E-state index in [1.807, 2.05) is 12.3 Å². The molecule has 0 radical (unpaired) electrons. The van der Waals surface area contributed by atoms with Crippen molar-refractivity contribution in [3.63, 3.8) is 0 Å². The number of nitrogens with zero attached hydrogens (tertiary/aromatic N) is 2. The molecule has 3 aromatic rings. The fraction of sp³-hybridized carbons (Fsp3) is 0.143. The predicted molar refractivity (Wildman–Crippen MR) is 103 cm³/mol. The van der Waals surface area contributed by atoms with Gasteiger partial charge in [-0.3, -0.25) is 4.98 Å². The first-order chi connectivity index (χ1) is 11.5. The maximum absolute atomic E-state index is 7.32. The van der Waals surface area contributed by atoms with Gasteiger partial charge in [0.1, 0.15) is 8.07 Å². The zero-order chi connectivity index (χ0) is 16.9. The molecule has 1 aromatic heterocycles. The summed E-state index contributed by atoms with van der Waals surface area (Å²) in [6, 6.07) is 16.9. The van der Waals surface area contributed by atoms with Gasteiger partial charge in [0, 0.05) is 11.8 Å². The predicted octanol–water partition coefficient (Wildman–Crippen LogP) is 4.41. The van der Waals surface area contributed by atoms with Gasteiger partial charge in [-0.2, -0.15) is 0 Å². The van der Waals surface area contributed by atoms with E-state index < -0.39 is 8.07 Å². The minimum absolute atomic E-state index is 0.733. The third-order valence-corrected chi connectivity index (χ3v) is 8.52. The highest BCUT2D eigenvalue weighted by Crippen LogP contribution is 2.34. The number of fused-ring (bicyclic) bond motifs is 3. The van der Waals surface area contributed by atoms with E-state index in [0.29, 0.717) is 0 Å². The molecule has 116 valence electrons. The number of hydrogen-bond acceptors (Lipinski definition) is 1. The van der Waals surface area contributed by atoms with Crippen molar-refractivity contribution in [3.8, 4) is 22.4 Å². The van der Waals surface area contributed by atoms with Crippen LogP contribution < -0.4 is 10.4 Å². The quantitative estimate of drug-likeness (QED) is 0.478. The smallest absolute Gasteiger partial charge is 0.187 e. The molecule has 0 fully saturated rings. The summed E-state index contributed by atoms with van der Waals surface area (Å²) < 4.78 is 0. The Bertz CT molecular complexity index is 995. The van der Waals surface area contributed by atoms with Crippen LogP contribution in [0.3, 0.4) is 0 Å². The average molecular weight is 326 g/mol. The second-order valence-electron chi connectivity index (χ2n) is 6.92. The van der Waals surface area contributed by atoms with E-state index in [0.717, 1.165) is 11.4 Å². The van der Waals surface area contributed by atoms with Crippen molar-refractivity contribution in [2.75, 3.05) is 0 Å². The highest BCUT2D eigenvalue weighted by atomic mass is 28.3. The van der Waals surface area contributed by atoms with E-state index in [-0.39, 0.29) is 0 Å². The summed E-state index contributed by atoms with van der Waals surface area (Å²) in [7, 11) is -1.85. The minimum atomic E-state index is -1.85. The molecule has 4 rings (SSSR count). The van der Waals surface area contributed by atoms with E-state index >= 15 is 0 Å². The van der Waals surface area contributed by atoms with E-state index in [1.165, 1.54) is 32.6 Å². The van der Waals surface area contributed by atoms with Crippen LogP contribution in [0.4, 0.5) is 5.69 Å². The Morgan fingerprint density at radius 3 is 2.46 bits per heavy atom. The van der Waals surface area contributed by atoms with Gasteiger partial charge in [-0.1, -0.05) is 60.7 Å². The SMILES string of the molecule is [C-]#[N+]c1ccc2c(c1)[Si](C)(C)c1c(-c3ccc(C)cn3)cccc1-2. The summed E-state index contributed by atoms with van der Waals surface area (Å²) in [5, 5.41) is 2.81. The van der Waals surface area contributed by atoms with Crippen LogP contribution in [0.5, 0.6) is 0 Å². The Kier molecular flexibility index (Phi) is 3.19. The summed E-state index contributed by atoms with van der Waals surface area (Å²) in [6.07, 6.45) is 1.93. The highest BCUT2D eigenvalue weighted by Gasteiger charge is 2.39. The van der Waals surface area contributed by atoms with E-state index in [4.69, 9.17) is 6.57 Å². The molecule has 0 atom stereocenters. The molecular formula is C21H18N2Si. The van der Waals surface area contributed by atoms with Crippen LogP contribution in [0.2, 0.25) is 13.1 Å². The first-order valence-corrected chi connectivity index (χ1v) is 11.1. The van der Waals surface area contributed by atoms with Crippen LogP contribution in [0.15, 0.2) is 54.7 Å². The topological polar surface area (TPSA) is 17.2 Å². The van der Waals surface area contributed by atoms with E-state index in [1.54, 1.807) is 0 Å². The molecule has 0 bridgehead atoms. The molecule has 3 heteroatoms. The van der Waals surface area contributed by atoms with Gasteiger partial charge >= 0.3 is 0 Å². The molecule has 2 nitrogen and oxygen atoms in total. The first kappa shape index (κ1) is 14.9. The van der Waals surface area contributed by atoms with Crippen LogP contribution >= 0.6 is 0 Å². The molecule has 0 unspecified atom stereocenters. The second kappa shape index (κ2) is 5.15. The molecule has 1 aliphatic heterocycles. The number of rotatable bonds is 1. The van der Waals surface area contributed by atoms with Crippen LogP contribution in [0, 0.1) is 13.5 Å². The maximum Gasteiger partial charge on any atom is 0.187 e. The van der Waals surface area contributed by atoms with Crippen molar-refractivity contribution in [2.45, 2.75) is 20.0 Å². The van der Waals surface area contributed by atoms with Crippen molar-refractivity contribution < 1.29 is 0 Å². The summed E-state index contributed by atoms with van der Waals surface area (Å²) in [5.41, 5.74) is 6.80. The number of aryl methyl sites for hydroxylation is 1. The highest BCUT2D eigenvalue weighted by molar-refractivity contribution is 7.04. The van der Waals surface area contributed by atoms with Crippen molar-refractivity contribution in [1.29, 1.82) is 0 Å². The van der Waals surface area contributed by atoms with Gasteiger partial charge < -0.3 is 0 Å². The molecule has 2 aromatic carbocycles. The summed E-state index contributed by atoms with van der Waals surface area (Å²) in [6.45, 7) is 14.1. The van der Waals surface area contributed by atoms with Crippen molar-refractivity contribution >= 4 is 24.1 Å². The van der Waals surface area contributed by atoms with Crippen LogP contribution in [-0.4, -0.2) is 13.1 Å². The standard InChI is InChI=1S/C21H18N2Si/c1-14-8-11-19(23-13-14)18-7-5-6-17-16-10-9-15(22-2)12-20(16)24(3,4)21(17)18/h5-13H,1,3-4H3. The number of benzene rings is 2. The summed E-state index contributed by atoms with van der Waals surface area (Å²) in [5.74, 6) is 0.